The molecule has 0 N–H and O–H groups in total. The molecule has 0 aliphatic heterocycles. The number of non-ortho nitro benzene ring substituents is 1. The molecule has 142 valence electrons. The number of nitro groups is 1. The van der Waals surface area contributed by atoms with E-state index in [0.29, 0.717) is 10.3 Å². The molecule has 28 heavy (non-hydrogen) atoms. The minimum Gasteiger partial charge on any atom is -0.310 e. The number of nitro benzene ring substituents is 1. The highest BCUT2D eigenvalue weighted by atomic mass is 32.1. The van der Waals surface area contributed by atoms with Gasteiger partial charge in [0.2, 0.25) is 0 Å². The van der Waals surface area contributed by atoms with Gasteiger partial charge in [0.05, 0.1) is 15.1 Å². The molecule has 1 aromatic heterocycles. The lowest BCUT2D eigenvalue weighted by Gasteiger charge is -2.01. The first-order valence-electron chi connectivity index (χ1n) is 7.99. The Balaban J connectivity index is 1.95. The van der Waals surface area contributed by atoms with Gasteiger partial charge in [-0.05, 0) is 29.8 Å². The molecule has 1 heterocycles. The number of hydrogen-bond donors (Lipinski definition) is 0. The summed E-state index contributed by atoms with van der Waals surface area (Å²) in [4.78, 5) is 26.5. The van der Waals surface area contributed by atoms with E-state index in [1.54, 1.807) is 0 Å². The van der Waals surface area contributed by atoms with Gasteiger partial charge in [-0.2, -0.15) is 4.99 Å². The Kier molecular flexibility index (Phi) is 5.55. The molecule has 0 aliphatic carbocycles. The molecule has 3 rings (SSSR count). The second-order valence-electron chi connectivity index (χ2n) is 5.65. The summed E-state index contributed by atoms with van der Waals surface area (Å²) in [7, 11) is 0. The van der Waals surface area contributed by atoms with Crippen LogP contribution in [0.4, 0.5) is 14.5 Å². The number of allylic oxidation sites excluding steroid dienone is 1. The third-order valence-corrected chi connectivity index (χ3v) is 4.76. The lowest BCUT2D eigenvalue weighted by atomic mass is 10.2. The Morgan fingerprint density at radius 1 is 1.29 bits per heavy atom. The van der Waals surface area contributed by atoms with Crippen LogP contribution < -0.4 is 4.80 Å². The van der Waals surface area contributed by atoms with Crippen molar-refractivity contribution in [2.75, 3.05) is 0 Å². The lowest BCUT2D eigenvalue weighted by Crippen LogP contribution is -2.16. The van der Waals surface area contributed by atoms with Gasteiger partial charge in [-0.3, -0.25) is 14.9 Å². The average molecular weight is 401 g/mol. The summed E-state index contributed by atoms with van der Waals surface area (Å²) in [6, 6.07) is 7.59. The Hall–Kier alpha value is -3.46. The highest BCUT2D eigenvalue weighted by molar-refractivity contribution is 7.16. The minimum absolute atomic E-state index is 0.0573. The second-order valence-corrected chi connectivity index (χ2v) is 6.66. The van der Waals surface area contributed by atoms with Crippen molar-refractivity contribution in [3.05, 3.63) is 87.2 Å². The molecule has 0 bridgehead atoms. The zero-order valence-corrected chi connectivity index (χ0v) is 15.2. The monoisotopic (exact) mass is 401 g/mol. The molecule has 0 aliphatic rings. The van der Waals surface area contributed by atoms with Crippen molar-refractivity contribution in [2.24, 2.45) is 4.99 Å². The molecule has 0 spiro atoms. The molecule has 0 saturated carbocycles. The maximum Gasteiger partial charge on any atom is 0.272 e. The third-order valence-electron chi connectivity index (χ3n) is 3.74. The number of carbonyl (C=O) groups excluding carboxylic acids is 1. The number of halogens is 2. The molecular formula is C19H13F2N3O3S. The second kappa shape index (κ2) is 8.05. The highest BCUT2D eigenvalue weighted by Gasteiger charge is 2.12. The number of hydrogen-bond acceptors (Lipinski definition) is 4. The zero-order chi connectivity index (χ0) is 20.3. The van der Waals surface area contributed by atoms with Gasteiger partial charge in [-0.15, -0.1) is 6.58 Å². The molecule has 6 nitrogen and oxygen atoms in total. The van der Waals surface area contributed by atoms with Crippen LogP contribution in [0.2, 0.25) is 0 Å². The first-order valence-corrected chi connectivity index (χ1v) is 8.81. The van der Waals surface area contributed by atoms with E-state index in [-0.39, 0.29) is 22.6 Å². The predicted molar refractivity (Wildman–Crippen MR) is 103 cm³/mol. The molecule has 9 heteroatoms. The standard InChI is InChI=1S/C19H13F2N3O3S/c1-2-9-23-18-15(21)10-13(20)11-16(18)28-19(23)22-17(25)8-5-12-3-6-14(7-4-12)24(26)27/h2-8,10-11H,1,9H2/b8-5+,22-19?. The normalized spacial score (nSPS) is 12.0. The summed E-state index contributed by atoms with van der Waals surface area (Å²) in [5.74, 6) is -2.07. The van der Waals surface area contributed by atoms with Crippen LogP contribution in [0.5, 0.6) is 0 Å². The van der Waals surface area contributed by atoms with Crippen LogP contribution in [-0.4, -0.2) is 15.4 Å². The van der Waals surface area contributed by atoms with E-state index >= 15 is 0 Å². The number of thiazole rings is 1. The zero-order valence-electron chi connectivity index (χ0n) is 14.3. The van der Waals surface area contributed by atoms with Crippen molar-refractivity contribution in [1.29, 1.82) is 0 Å². The van der Waals surface area contributed by atoms with Crippen LogP contribution in [-0.2, 0) is 11.3 Å². The molecule has 3 aromatic rings. The third kappa shape index (κ3) is 4.09. The SMILES string of the molecule is C=CCn1c(=NC(=O)/C=C/c2ccc([N+](=O)[O-])cc2)sc2cc(F)cc(F)c21. The van der Waals surface area contributed by atoms with E-state index < -0.39 is 22.5 Å². The summed E-state index contributed by atoms with van der Waals surface area (Å²) < 4.78 is 29.4. The van der Waals surface area contributed by atoms with Gasteiger partial charge in [0.25, 0.3) is 11.6 Å². The van der Waals surface area contributed by atoms with Crippen molar-refractivity contribution >= 4 is 39.2 Å². The first-order chi connectivity index (χ1) is 13.4. The van der Waals surface area contributed by atoms with Gasteiger partial charge in [-0.1, -0.05) is 17.4 Å². The van der Waals surface area contributed by atoms with Crippen molar-refractivity contribution in [3.63, 3.8) is 0 Å². The van der Waals surface area contributed by atoms with Crippen molar-refractivity contribution in [2.45, 2.75) is 6.54 Å². The van der Waals surface area contributed by atoms with Gasteiger partial charge in [0.1, 0.15) is 5.82 Å². The Bertz CT molecular complexity index is 1180. The van der Waals surface area contributed by atoms with E-state index in [1.165, 1.54) is 53.1 Å². The largest absolute Gasteiger partial charge is 0.310 e. The molecular weight excluding hydrogens is 388 g/mol. The van der Waals surface area contributed by atoms with Crippen molar-refractivity contribution in [3.8, 4) is 0 Å². The number of carbonyl (C=O) groups is 1. The topological polar surface area (TPSA) is 77.5 Å². The summed E-state index contributed by atoms with van der Waals surface area (Å²) in [5, 5.41) is 10.6. The van der Waals surface area contributed by atoms with Crippen LogP contribution in [0.3, 0.4) is 0 Å². The highest BCUT2D eigenvalue weighted by Crippen LogP contribution is 2.22. The Labute approximate surface area is 161 Å². The number of rotatable bonds is 5. The molecule has 0 unspecified atom stereocenters. The van der Waals surface area contributed by atoms with Crippen LogP contribution in [0.1, 0.15) is 5.56 Å². The van der Waals surface area contributed by atoms with Crippen molar-refractivity contribution < 1.29 is 18.5 Å². The van der Waals surface area contributed by atoms with Crippen LogP contribution in [0.15, 0.2) is 60.1 Å². The van der Waals surface area contributed by atoms with Crippen LogP contribution in [0.25, 0.3) is 16.3 Å². The molecule has 0 saturated heterocycles. The fourth-order valence-corrected chi connectivity index (χ4v) is 3.60. The van der Waals surface area contributed by atoms with E-state index in [4.69, 9.17) is 0 Å². The molecule has 1 amide bonds. The fourth-order valence-electron chi connectivity index (χ4n) is 2.52. The smallest absolute Gasteiger partial charge is 0.272 e. The predicted octanol–water partition coefficient (Wildman–Crippen LogP) is 4.22. The van der Waals surface area contributed by atoms with Gasteiger partial charge >= 0.3 is 0 Å². The van der Waals surface area contributed by atoms with E-state index in [0.717, 1.165) is 17.4 Å². The summed E-state index contributed by atoms with van der Waals surface area (Å²) in [6.07, 6.45) is 4.17. The lowest BCUT2D eigenvalue weighted by molar-refractivity contribution is -0.384. The van der Waals surface area contributed by atoms with Gasteiger partial charge in [0, 0.05) is 30.8 Å². The number of aromatic nitrogens is 1. The maximum atomic E-state index is 14.2. The first kappa shape index (κ1) is 19.3. The molecule has 2 aromatic carbocycles. The average Bonchev–Trinajstić information content (AvgIpc) is 2.97. The van der Waals surface area contributed by atoms with Crippen LogP contribution >= 0.6 is 11.3 Å². The molecule has 0 fully saturated rings. The molecule has 0 radical (unpaired) electrons. The maximum absolute atomic E-state index is 14.2. The Morgan fingerprint density at radius 2 is 2.00 bits per heavy atom. The van der Waals surface area contributed by atoms with E-state index in [1.807, 2.05) is 0 Å². The van der Waals surface area contributed by atoms with E-state index in [9.17, 15) is 23.7 Å². The number of nitrogens with zero attached hydrogens (tertiary/aromatic N) is 3. The van der Waals surface area contributed by atoms with Crippen molar-refractivity contribution in [1.82, 2.24) is 4.57 Å². The van der Waals surface area contributed by atoms with Gasteiger partial charge in [0.15, 0.2) is 10.6 Å². The fraction of sp³-hybridized carbons (Fsp3) is 0.0526. The molecule has 0 atom stereocenters. The number of fused-ring (bicyclic) bond motifs is 1. The van der Waals surface area contributed by atoms with Gasteiger partial charge in [-0.25, -0.2) is 8.78 Å². The van der Waals surface area contributed by atoms with Crippen LogP contribution in [0, 0.1) is 21.7 Å². The Morgan fingerprint density at radius 3 is 2.64 bits per heavy atom. The number of benzene rings is 2. The minimum atomic E-state index is -0.747. The summed E-state index contributed by atoms with van der Waals surface area (Å²) >= 11 is 0.986. The van der Waals surface area contributed by atoms with E-state index in [2.05, 4.69) is 11.6 Å². The quantitative estimate of drug-likeness (QED) is 0.278. The summed E-state index contributed by atoms with van der Waals surface area (Å²) in [6.45, 7) is 3.80. The summed E-state index contributed by atoms with van der Waals surface area (Å²) in [5.41, 5.74) is 0.674. The number of amides is 1. The van der Waals surface area contributed by atoms with Gasteiger partial charge < -0.3 is 4.57 Å².